The van der Waals surface area contributed by atoms with Crippen molar-refractivity contribution >= 4 is 23.3 Å². The van der Waals surface area contributed by atoms with Crippen LogP contribution in [0.4, 0.5) is 10.2 Å². The van der Waals surface area contributed by atoms with Crippen LogP contribution in [0.5, 0.6) is 0 Å². The average Bonchev–Trinajstić information content (AvgIpc) is 3.08. The monoisotopic (exact) mass is 459 g/mol. The van der Waals surface area contributed by atoms with E-state index in [1.165, 1.54) is 6.33 Å². The van der Waals surface area contributed by atoms with Crippen molar-refractivity contribution in [2.75, 3.05) is 37.6 Å². The minimum atomic E-state index is -1.02. The van der Waals surface area contributed by atoms with E-state index < -0.39 is 6.17 Å². The summed E-state index contributed by atoms with van der Waals surface area (Å²) in [6.45, 7) is 9.31. The standard InChI is InChI=1S/C24H31ClFN5O/c1-15(2)27-13-19(17-4-6-18(25)7-5-17)24(32)31-10-8-30(9-11-31)23-21-16(3)12-20(26)22(21)28-14-29-23/h4-7,14-16,19-20,27H,8-13H2,1-3H3/t16-,19-,20-/m1/s1. The molecule has 2 aromatic rings. The zero-order chi connectivity index (χ0) is 22.8. The van der Waals surface area contributed by atoms with Gasteiger partial charge >= 0.3 is 0 Å². The average molecular weight is 460 g/mol. The molecule has 0 saturated carbocycles. The molecule has 1 N–H and O–H groups in total. The summed E-state index contributed by atoms with van der Waals surface area (Å²) in [4.78, 5) is 26.3. The Labute approximate surface area is 194 Å². The van der Waals surface area contributed by atoms with Crippen LogP contribution in [0.25, 0.3) is 0 Å². The number of halogens is 2. The minimum Gasteiger partial charge on any atom is -0.353 e. The zero-order valence-electron chi connectivity index (χ0n) is 18.9. The Morgan fingerprint density at radius 3 is 2.53 bits per heavy atom. The maximum Gasteiger partial charge on any atom is 0.231 e. The second-order valence-corrected chi connectivity index (χ2v) is 9.52. The van der Waals surface area contributed by atoms with Crippen molar-refractivity contribution in [1.29, 1.82) is 0 Å². The van der Waals surface area contributed by atoms with Crippen LogP contribution in [-0.2, 0) is 4.79 Å². The molecule has 8 heteroatoms. The highest BCUT2D eigenvalue weighted by Gasteiger charge is 2.35. The second-order valence-electron chi connectivity index (χ2n) is 9.08. The van der Waals surface area contributed by atoms with Gasteiger partial charge in [-0.25, -0.2) is 14.4 Å². The van der Waals surface area contributed by atoms with Crippen molar-refractivity contribution < 1.29 is 9.18 Å². The van der Waals surface area contributed by atoms with Crippen LogP contribution in [0, 0.1) is 0 Å². The summed E-state index contributed by atoms with van der Waals surface area (Å²) in [7, 11) is 0. The molecule has 0 spiro atoms. The van der Waals surface area contributed by atoms with Crippen molar-refractivity contribution in [2.45, 2.75) is 51.2 Å². The van der Waals surface area contributed by atoms with Gasteiger partial charge in [-0.2, -0.15) is 0 Å². The molecular weight excluding hydrogens is 429 g/mol. The third-order valence-electron chi connectivity index (χ3n) is 6.44. The topological polar surface area (TPSA) is 61.4 Å². The van der Waals surface area contributed by atoms with Gasteiger partial charge in [0.2, 0.25) is 5.91 Å². The molecule has 1 aromatic heterocycles. The van der Waals surface area contributed by atoms with Crippen molar-refractivity contribution in [2.24, 2.45) is 0 Å². The molecule has 1 aliphatic heterocycles. The smallest absolute Gasteiger partial charge is 0.231 e. The first kappa shape index (κ1) is 22.9. The van der Waals surface area contributed by atoms with Crippen LogP contribution in [-0.4, -0.2) is 59.5 Å². The number of benzene rings is 1. The van der Waals surface area contributed by atoms with Gasteiger partial charge in [-0.05, 0) is 30.0 Å². The lowest BCUT2D eigenvalue weighted by molar-refractivity contribution is -0.133. The third-order valence-corrected chi connectivity index (χ3v) is 6.69. The number of carbonyl (C=O) groups excluding carboxylic acids is 1. The molecule has 4 rings (SSSR count). The summed E-state index contributed by atoms with van der Waals surface area (Å²) < 4.78 is 14.3. The van der Waals surface area contributed by atoms with Crippen LogP contribution < -0.4 is 10.2 Å². The van der Waals surface area contributed by atoms with E-state index in [1.807, 2.05) is 36.1 Å². The van der Waals surface area contributed by atoms with E-state index >= 15 is 0 Å². The van der Waals surface area contributed by atoms with Crippen molar-refractivity contribution in [3.8, 4) is 0 Å². The number of rotatable bonds is 6. The number of nitrogens with zero attached hydrogens (tertiary/aromatic N) is 4. The highest BCUT2D eigenvalue weighted by Crippen LogP contribution is 2.44. The Kier molecular flexibility index (Phi) is 6.96. The van der Waals surface area contributed by atoms with Gasteiger partial charge in [0.15, 0.2) is 0 Å². The number of aromatic nitrogens is 2. The molecule has 2 heterocycles. The van der Waals surface area contributed by atoms with Gasteiger partial charge in [0.1, 0.15) is 18.3 Å². The lowest BCUT2D eigenvalue weighted by Gasteiger charge is -2.38. The quantitative estimate of drug-likeness (QED) is 0.705. The lowest BCUT2D eigenvalue weighted by Crippen LogP contribution is -2.51. The molecule has 32 heavy (non-hydrogen) atoms. The molecule has 0 unspecified atom stereocenters. The number of carbonyl (C=O) groups is 1. The van der Waals surface area contributed by atoms with E-state index in [0.29, 0.717) is 49.9 Å². The highest BCUT2D eigenvalue weighted by molar-refractivity contribution is 6.30. The maximum absolute atomic E-state index is 14.3. The molecule has 1 aliphatic carbocycles. The fourth-order valence-corrected chi connectivity index (χ4v) is 4.80. The van der Waals surface area contributed by atoms with Crippen molar-refractivity contribution in [1.82, 2.24) is 20.2 Å². The van der Waals surface area contributed by atoms with Crippen LogP contribution in [0.2, 0.25) is 5.02 Å². The molecule has 172 valence electrons. The summed E-state index contributed by atoms with van der Waals surface area (Å²) >= 11 is 6.06. The minimum absolute atomic E-state index is 0.104. The molecule has 1 aromatic carbocycles. The predicted octanol–water partition coefficient (Wildman–Crippen LogP) is 4.08. The molecule has 1 fully saturated rings. The van der Waals surface area contributed by atoms with Crippen molar-refractivity contribution in [3.05, 3.63) is 52.4 Å². The van der Waals surface area contributed by atoms with Gasteiger partial charge in [0, 0.05) is 49.4 Å². The summed E-state index contributed by atoms with van der Waals surface area (Å²) in [6.07, 6.45) is 0.911. The molecule has 0 bridgehead atoms. The number of anilines is 1. The third kappa shape index (κ3) is 4.74. The number of hydrogen-bond acceptors (Lipinski definition) is 5. The van der Waals surface area contributed by atoms with E-state index in [9.17, 15) is 9.18 Å². The van der Waals surface area contributed by atoms with Crippen molar-refractivity contribution in [3.63, 3.8) is 0 Å². The van der Waals surface area contributed by atoms with E-state index in [4.69, 9.17) is 11.6 Å². The summed E-state index contributed by atoms with van der Waals surface area (Å²) in [5, 5.41) is 4.07. The Balaban J connectivity index is 1.47. The molecule has 1 saturated heterocycles. The number of piperazine rings is 1. The van der Waals surface area contributed by atoms with Gasteiger partial charge in [-0.15, -0.1) is 0 Å². The van der Waals surface area contributed by atoms with Crippen LogP contribution in [0.3, 0.4) is 0 Å². The summed E-state index contributed by atoms with van der Waals surface area (Å²) in [5.74, 6) is 0.778. The fraction of sp³-hybridized carbons (Fsp3) is 0.542. The normalized spacial score (nSPS) is 21.7. The fourth-order valence-electron chi connectivity index (χ4n) is 4.67. The van der Waals surface area contributed by atoms with Gasteiger partial charge in [0.05, 0.1) is 11.6 Å². The predicted molar refractivity (Wildman–Crippen MR) is 125 cm³/mol. The molecular formula is C24H31ClFN5O. The van der Waals surface area contributed by atoms with Gasteiger partial charge in [-0.3, -0.25) is 4.79 Å². The SMILES string of the molecule is CC(C)NC[C@@H](C(=O)N1CCN(c2ncnc3c2[C@H](C)C[C@H]3F)CC1)c1ccc(Cl)cc1. The molecule has 1 amide bonds. The maximum atomic E-state index is 14.3. The largest absolute Gasteiger partial charge is 0.353 e. The van der Waals surface area contributed by atoms with Crippen LogP contribution in [0.15, 0.2) is 30.6 Å². The first-order chi connectivity index (χ1) is 15.3. The zero-order valence-corrected chi connectivity index (χ0v) is 19.6. The van der Waals surface area contributed by atoms with Crippen LogP contribution >= 0.6 is 11.6 Å². The Bertz CT molecular complexity index is 946. The molecule has 0 radical (unpaired) electrons. The number of hydrogen-bond donors (Lipinski definition) is 1. The van der Waals surface area contributed by atoms with E-state index in [2.05, 4.69) is 34.0 Å². The Morgan fingerprint density at radius 1 is 1.19 bits per heavy atom. The number of fused-ring (bicyclic) bond motifs is 1. The molecule has 3 atom stereocenters. The highest BCUT2D eigenvalue weighted by atomic mass is 35.5. The first-order valence-electron chi connectivity index (χ1n) is 11.4. The number of amides is 1. The van der Waals surface area contributed by atoms with Gasteiger partial charge in [0.25, 0.3) is 0 Å². The Hall–Kier alpha value is -2.25. The van der Waals surface area contributed by atoms with E-state index in [-0.39, 0.29) is 23.8 Å². The van der Waals surface area contributed by atoms with Crippen LogP contribution in [0.1, 0.15) is 62.0 Å². The number of alkyl halides is 1. The van der Waals surface area contributed by atoms with Gasteiger partial charge in [-0.1, -0.05) is 44.5 Å². The summed E-state index contributed by atoms with van der Waals surface area (Å²) in [5.41, 5.74) is 2.43. The molecule has 6 nitrogen and oxygen atoms in total. The lowest BCUT2D eigenvalue weighted by atomic mass is 9.96. The van der Waals surface area contributed by atoms with E-state index in [1.54, 1.807) is 0 Å². The van der Waals surface area contributed by atoms with Gasteiger partial charge < -0.3 is 15.1 Å². The first-order valence-corrected chi connectivity index (χ1v) is 11.7. The summed E-state index contributed by atoms with van der Waals surface area (Å²) in [6, 6.07) is 7.82. The Morgan fingerprint density at radius 2 is 1.88 bits per heavy atom. The second kappa shape index (κ2) is 9.71. The molecule has 2 aliphatic rings. The number of nitrogens with one attached hydrogen (secondary N) is 1. The van der Waals surface area contributed by atoms with E-state index in [0.717, 1.165) is 16.9 Å².